The normalized spacial score (nSPS) is 42.8. The minimum absolute atomic E-state index is 0.239. The molecule has 14 heavy (non-hydrogen) atoms. The van der Waals surface area contributed by atoms with Gasteiger partial charge in [0.2, 0.25) is 0 Å². The maximum Gasteiger partial charge on any atom is 0.415 e. The smallest absolute Gasteiger partial charge is 0.319 e. The molecule has 3 aliphatic rings. The van der Waals surface area contributed by atoms with Crippen LogP contribution in [-0.2, 0) is 18.8 Å². The minimum Gasteiger partial charge on any atom is -0.319 e. The summed E-state index contributed by atoms with van der Waals surface area (Å²) in [6, 6.07) is 0. The molecule has 6 nitrogen and oxygen atoms in total. The molecule has 0 aromatic rings. The van der Waals surface area contributed by atoms with E-state index in [9.17, 15) is 4.57 Å². The van der Waals surface area contributed by atoms with Gasteiger partial charge in [-0.1, -0.05) is 6.92 Å². The Morgan fingerprint density at radius 2 is 1.64 bits per heavy atom. The van der Waals surface area contributed by atoms with Gasteiger partial charge in [0.05, 0.1) is 19.8 Å². The third kappa shape index (κ3) is 1.34. The van der Waals surface area contributed by atoms with Crippen LogP contribution >= 0.6 is 7.60 Å². The highest BCUT2D eigenvalue weighted by Crippen LogP contribution is 2.58. The molecule has 0 aromatic heterocycles. The zero-order valence-corrected chi connectivity index (χ0v) is 8.70. The van der Waals surface area contributed by atoms with E-state index in [1.54, 1.807) is 0 Å². The maximum absolute atomic E-state index is 11.1. The van der Waals surface area contributed by atoms with E-state index >= 15 is 0 Å². The zero-order chi connectivity index (χ0) is 10.4. The summed E-state index contributed by atoms with van der Waals surface area (Å²) in [5.74, 6) is 0. The topological polar surface area (TPSA) is 85.2 Å². The molecule has 7 heteroatoms. The van der Waals surface area contributed by atoms with Gasteiger partial charge in [-0.15, -0.1) is 0 Å². The molecule has 0 unspecified atom stereocenters. The van der Waals surface area contributed by atoms with Crippen LogP contribution in [-0.4, -0.2) is 35.3 Å². The van der Waals surface area contributed by atoms with Crippen LogP contribution in [0.15, 0.2) is 0 Å². The van der Waals surface area contributed by atoms with Crippen molar-refractivity contribution in [3.05, 3.63) is 0 Å². The molecule has 3 heterocycles. The van der Waals surface area contributed by atoms with Gasteiger partial charge >= 0.3 is 13.3 Å². The van der Waals surface area contributed by atoms with Crippen LogP contribution in [0.5, 0.6) is 0 Å². The second kappa shape index (κ2) is 3.01. The lowest BCUT2D eigenvalue weighted by Gasteiger charge is -2.50. The molecule has 0 radical (unpaired) electrons. The molecular formula is C7H13O6P. The summed E-state index contributed by atoms with van der Waals surface area (Å²) in [6.07, 6.45) is 0.796. The summed E-state index contributed by atoms with van der Waals surface area (Å²) in [4.78, 5) is 18.0. The fourth-order valence-electron chi connectivity index (χ4n) is 1.54. The standard InChI is InChI=1S/C7H13O6P/c1-2-6-3-11-7(12-4-6,13-5-6)14(8,9)10/h2-5H2,1H3,(H2,8,9,10). The maximum atomic E-state index is 11.1. The lowest BCUT2D eigenvalue weighted by atomic mass is 9.87. The molecule has 2 bridgehead atoms. The molecule has 3 saturated heterocycles. The highest BCUT2D eigenvalue weighted by Gasteiger charge is 2.62. The molecule has 0 atom stereocenters. The van der Waals surface area contributed by atoms with E-state index in [0.717, 1.165) is 6.42 Å². The van der Waals surface area contributed by atoms with Crippen LogP contribution in [0.1, 0.15) is 13.3 Å². The van der Waals surface area contributed by atoms with Gasteiger partial charge in [-0.2, -0.15) is 0 Å². The molecule has 2 N–H and O–H groups in total. The SMILES string of the molecule is CCC12COC(P(=O)(O)O)(OC1)OC2. The van der Waals surface area contributed by atoms with E-state index in [1.807, 2.05) is 6.92 Å². The fraction of sp³-hybridized carbons (Fsp3) is 1.00. The average Bonchev–Trinajstić information content (AvgIpc) is 2.19. The number of hydrogen-bond donors (Lipinski definition) is 2. The summed E-state index contributed by atoms with van der Waals surface area (Å²) in [7, 11) is -4.54. The third-order valence-electron chi connectivity index (χ3n) is 2.79. The molecule has 0 amide bonds. The largest absolute Gasteiger partial charge is 0.415 e. The van der Waals surface area contributed by atoms with Crippen LogP contribution in [0.3, 0.4) is 0 Å². The van der Waals surface area contributed by atoms with Crippen molar-refractivity contribution in [3.63, 3.8) is 0 Å². The predicted octanol–water partition coefficient (Wildman–Crippen LogP) is 0.249. The number of ether oxygens (including phenoxy) is 3. The van der Waals surface area contributed by atoms with Crippen molar-refractivity contribution in [2.24, 2.45) is 5.41 Å². The average molecular weight is 224 g/mol. The molecule has 0 aliphatic carbocycles. The van der Waals surface area contributed by atoms with E-state index in [4.69, 9.17) is 24.0 Å². The van der Waals surface area contributed by atoms with E-state index in [1.165, 1.54) is 0 Å². The second-order valence-electron chi connectivity index (χ2n) is 3.79. The van der Waals surface area contributed by atoms with Gasteiger partial charge in [-0.3, -0.25) is 4.57 Å². The molecule has 82 valence electrons. The lowest BCUT2D eigenvalue weighted by Crippen LogP contribution is -2.59. The highest BCUT2D eigenvalue weighted by molar-refractivity contribution is 7.52. The van der Waals surface area contributed by atoms with E-state index in [0.29, 0.717) is 0 Å². The lowest BCUT2D eigenvalue weighted by molar-refractivity contribution is -0.429. The quantitative estimate of drug-likeness (QED) is 0.654. The Kier molecular flexibility index (Phi) is 2.27. The van der Waals surface area contributed by atoms with Crippen LogP contribution in [0.25, 0.3) is 0 Å². The van der Waals surface area contributed by atoms with Crippen molar-refractivity contribution in [1.82, 2.24) is 0 Å². The van der Waals surface area contributed by atoms with Crippen molar-refractivity contribution < 1.29 is 28.6 Å². The Hall–Kier alpha value is 0.0300. The monoisotopic (exact) mass is 224 g/mol. The Labute approximate surface area is 81.3 Å². The predicted molar refractivity (Wildman–Crippen MR) is 45.4 cm³/mol. The summed E-state index contributed by atoms with van der Waals surface area (Å²) >= 11 is 0. The summed E-state index contributed by atoms with van der Waals surface area (Å²) < 4.78 is 26.1. The summed E-state index contributed by atoms with van der Waals surface area (Å²) in [5.41, 5.74) is -2.37. The molecule has 3 aliphatic heterocycles. The third-order valence-corrected chi connectivity index (χ3v) is 3.89. The molecule has 0 aromatic carbocycles. The van der Waals surface area contributed by atoms with Crippen molar-refractivity contribution in [2.75, 3.05) is 19.8 Å². The summed E-state index contributed by atoms with van der Waals surface area (Å²) in [6.45, 7) is 2.78. The van der Waals surface area contributed by atoms with Gasteiger partial charge in [0, 0.05) is 5.41 Å². The Morgan fingerprint density at radius 3 is 1.93 bits per heavy atom. The van der Waals surface area contributed by atoms with Gasteiger partial charge in [0.15, 0.2) is 0 Å². The first kappa shape index (κ1) is 10.5. The van der Waals surface area contributed by atoms with Gasteiger partial charge < -0.3 is 24.0 Å². The van der Waals surface area contributed by atoms with Crippen molar-refractivity contribution in [3.8, 4) is 0 Å². The second-order valence-corrected chi connectivity index (χ2v) is 5.42. The van der Waals surface area contributed by atoms with Crippen LogP contribution < -0.4 is 0 Å². The Bertz CT molecular complexity index is 259. The van der Waals surface area contributed by atoms with Crippen LogP contribution in [0.4, 0.5) is 0 Å². The molecule has 3 fully saturated rings. The van der Waals surface area contributed by atoms with E-state index in [-0.39, 0.29) is 25.2 Å². The summed E-state index contributed by atoms with van der Waals surface area (Å²) in [5, 5.41) is 0. The zero-order valence-electron chi connectivity index (χ0n) is 7.80. The van der Waals surface area contributed by atoms with Crippen molar-refractivity contribution in [1.29, 1.82) is 0 Å². The van der Waals surface area contributed by atoms with Gasteiger partial charge in [0.25, 0.3) is 0 Å². The van der Waals surface area contributed by atoms with Crippen molar-refractivity contribution in [2.45, 2.75) is 19.1 Å². The van der Waals surface area contributed by atoms with Crippen molar-refractivity contribution >= 4 is 7.60 Å². The van der Waals surface area contributed by atoms with Gasteiger partial charge in [-0.05, 0) is 6.42 Å². The van der Waals surface area contributed by atoms with Crippen LogP contribution in [0.2, 0.25) is 0 Å². The Morgan fingerprint density at radius 1 is 1.21 bits per heavy atom. The molecular weight excluding hydrogens is 211 g/mol. The van der Waals surface area contributed by atoms with Gasteiger partial charge in [-0.25, -0.2) is 0 Å². The Balaban J connectivity index is 2.21. The minimum atomic E-state index is -4.54. The number of fused-ring (bicyclic) bond motifs is 3. The van der Waals surface area contributed by atoms with Gasteiger partial charge in [0.1, 0.15) is 0 Å². The number of rotatable bonds is 2. The molecule has 3 rings (SSSR count). The van der Waals surface area contributed by atoms with E-state index in [2.05, 4.69) is 0 Å². The van der Waals surface area contributed by atoms with E-state index < -0.39 is 13.3 Å². The van der Waals surface area contributed by atoms with Crippen LogP contribution in [0, 0.1) is 5.41 Å². The first-order valence-corrected chi connectivity index (χ1v) is 6.02. The molecule has 0 spiro atoms. The first-order chi connectivity index (χ1) is 6.43. The number of hydrogen-bond acceptors (Lipinski definition) is 4. The molecule has 0 saturated carbocycles. The first-order valence-electron chi connectivity index (χ1n) is 4.41. The highest BCUT2D eigenvalue weighted by atomic mass is 31.2. The fourth-order valence-corrected chi connectivity index (χ4v) is 2.24.